The molecule has 0 aliphatic heterocycles. The number of anilines is 2. The molecule has 7 nitrogen and oxygen atoms in total. The molecule has 0 saturated heterocycles. The molecule has 2 amide bonds. The third-order valence-corrected chi connectivity index (χ3v) is 3.35. The van der Waals surface area contributed by atoms with E-state index < -0.39 is 6.10 Å². The molecule has 7 heteroatoms. The molecule has 0 aliphatic carbocycles. The van der Waals surface area contributed by atoms with Crippen LogP contribution in [-0.2, 0) is 16.6 Å². The highest BCUT2D eigenvalue weighted by atomic mass is 16.5. The summed E-state index contributed by atoms with van der Waals surface area (Å²) in [5.74, 6) is -0.514. The summed E-state index contributed by atoms with van der Waals surface area (Å²) in [7, 11) is 3.18. The number of methoxy groups -OCH3 is 1. The van der Waals surface area contributed by atoms with Crippen LogP contribution >= 0.6 is 0 Å². The Bertz CT molecular complexity index is 724. The Morgan fingerprint density at radius 3 is 2.43 bits per heavy atom. The molecule has 0 saturated carbocycles. The van der Waals surface area contributed by atoms with Crippen molar-refractivity contribution in [2.24, 2.45) is 7.05 Å². The van der Waals surface area contributed by atoms with Crippen molar-refractivity contribution < 1.29 is 14.3 Å². The first-order chi connectivity index (χ1) is 10.9. The molecule has 2 rings (SSSR count). The molecule has 1 aromatic carbocycles. The number of rotatable bonds is 5. The van der Waals surface area contributed by atoms with Crippen LogP contribution in [0.2, 0.25) is 0 Å². The Hall–Kier alpha value is -2.67. The maximum atomic E-state index is 12.3. The molecule has 2 aromatic rings. The van der Waals surface area contributed by atoms with Gasteiger partial charge in [0.25, 0.3) is 11.8 Å². The van der Waals surface area contributed by atoms with Crippen LogP contribution in [0.1, 0.15) is 23.1 Å². The fourth-order valence-corrected chi connectivity index (χ4v) is 2.04. The fraction of sp³-hybridized carbons (Fsp3) is 0.312. The van der Waals surface area contributed by atoms with Gasteiger partial charge in [-0.1, -0.05) is 6.07 Å². The van der Waals surface area contributed by atoms with Crippen molar-refractivity contribution >= 4 is 23.2 Å². The van der Waals surface area contributed by atoms with Gasteiger partial charge >= 0.3 is 0 Å². The van der Waals surface area contributed by atoms with E-state index in [9.17, 15) is 9.59 Å². The smallest absolute Gasteiger partial charge is 0.273 e. The lowest BCUT2D eigenvalue weighted by atomic mass is 10.2. The Balaban J connectivity index is 2.09. The predicted molar refractivity (Wildman–Crippen MR) is 87.4 cm³/mol. The van der Waals surface area contributed by atoms with Gasteiger partial charge in [0, 0.05) is 25.5 Å². The highest BCUT2D eigenvalue weighted by Gasteiger charge is 2.14. The molecule has 1 aromatic heterocycles. The van der Waals surface area contributed by atoms with Crippen molar-refractivity contribution in [2.45, 2.75) is 20.0 Å². The van der Waals surface area contributed by atoms with Crippen LogP contribution in [0.25, 0.3) is 0 Å². The van der Waals surface area contributed by atoms with Gasteiger partial charge in [-0.05, 0) is 38.1 Å². The van der Waals surface area contributed by atoms with Crippen LogP contribution in [0.4, 0.5) is 11.4 Å². The van der Waals surface area contributed by atoms with Gasteiger partial charge < -0.3 is 15.4 Å². The molecule has 0 fully saturated rings. The van der Waals surface area contributed by atoms with Gasteiger partial charge in [-0.3, -0.25) is 14.3 Å². The van der Waals surface area contributed by atoms with E-state index >= 15 is 0 Å². The number of aryl methyl sites for hydroxylation is 2. The lowest BCUT2D eigenvalue weighted by molar-refractivity contribution is -0.124. The topological polar surface area (TPSA) is 85.2 Å². The van der Waals surface area contributed by atoms with E-state index in [1.165, 1.54) is 11.8 Å². The second kappa shape index (κ2) is 7.06. The average Bonchev–Trinajstić information content (AvgIpc) is 2.85. The number of aromatic nitrogens is 2. The molecular formula is C16H20N4O3. The first-order valence-electron chi connectivity index (χ1n) is 7.16. The maximum absolute atomic E-state index is 12.3. The van der Waals surface area contributed by atoms with Gasteiger partial charge in [0.1, 0.15) is 11.8 Å². The van der Waals surface area contributed by atoms with Crippen molar-refractivity contribution in [3.8, 4) is 0 Å². The van der Waals surface area contributed by atoms with E-state index in [0.29, 0.717) is 17.1 Å². The fourth-order valence-electron chi connectivity index (χ4n) is 2.04. The highest BCUT2D eigenvalue weighted by Crippen LogP contribution is 2.16. The summed E-state index contributed by atoms with van der Waals surface area (Å²) in [6.45, 7) is 3.48. The highest BCUT2D eigenvalue weighted by molar-refractivity contribution is 6.03. The van der Waals surface area contributed by atoms with Crippen LogP contribution < -0.4 is 10.6 Å². The molecule has 0 bridgehead atoms. The Morgan fingerprint density at radius 2 is 1.87 bits per heavy atom. The molecule has 23 heavy (non-hydrogen) atoms. The van der Waals surface area contributed by atoms with Gasteiger partial charge in [0.2, 0.25) is 0 Å². The van der Waals surface area contributed by atoms with Crippen molar-refractivity contribution in [3.05, 3.63) is 41.7 Å². The molecule has 0 radical (unpaired) electrons. The van der Waals surface area contributed by atoms with Gasteiger partial charge in [-0.2, -0.15) is 5.10 Å². The summed E-state index contributed by atoms with van der Waals surface area (Å²) < 4.78 is 6.49. The van der Waals surface area contributed by atoms with Crippen molar-refractivity contribution in [1.82, 2.24) is 9.78 Å². The average molecular weight is 316 g/mol. The third kappa shape index (κ3) is 4.17. The SMILES string of the molecule is CO[C@@H](C)C(=O)Nc1cccc(NC(=O)c2cc(C)nn2C)c1. The zero-order valence-corrected chi connectivity index (χ0v) is 13.6. The molecular weight excluding hydrogens is 296 g/mol. The maximum Gasteiger partial charge on any atom is 0.273 e. The second-order valence-corrected chi connectivity index (χ2v) is 5.20. The zero-order chi connectivity index (χ0) is 17.0. The first-order valence-corrected chi connectivity index (χ1v) is 7.16. The van der Waals surface area contributed by atoms with E-state index in [4.69, 9.17) is 4.74 Å². The summed E-state index contributed by atoms with van der Waals surface area (Å²) in [4.78, 5) is 24.1. The van der Waals surface area contributed by atoms with E-state index in [0.717, 1.165) is 5.69 Å². The van der Waals surface area contributed by atoms with E-state index in [1.807, 2.05) is 6.92 Å². The van der Waals surface area contributed by atoms with Crippen LogP contribution in [0, 0.1) is 6.92 Å². The van der Waals surface area contributed by atoms with Crippen molar-refractivity contribution in [3.63, 3.8) is 0 Å². The van der Waals surface area contributed by atoms with E-state index in [2.05, 4.69) is 15.7 Å². The van der Waals surface area contributed by atoms with E-state index in [-0.39, 0.29) is 11.8 Å². The van der Waals surface area contributed by atoms with Crippen LogP contribution in [0.3, 0.4) is 0 Å². The number of amides is 2. The monoisotopic (exact) mass is 316 g/mol. The van der Waals surface area contributed by atoms with Crippen LogP contribution in [-0.4, -0.2) is 34.8 Å². The van der Waals surface area contributed by atoms with Gasteiger partial charge in [-0.15, -0.1) is 0 Å². The van der Waals surface area contributed by atoms with Gasteiger partial charge in [0.15, 0.2) is 0 Å². The van der Waals surface area contributed by atoms with E-state index in [1.54, 1.807) is 44.3 Å². The zero-order valence-electron chi connectivity index (χ0n) is 13.6. The first kappa shape index (κ1) is 16.7. The molecule has 0 aliphatic rings. The minimum Gasteiger partial charge on any atom is -0.372 e. The second-order valence-electron chi connectivity index (χ2n) is 5.20. The Morgan fingerprint density at radius 1 is 1.22 bits per heavy atom. The summed E-state index contributed by atoms with van der Waals surface area (Å²) in [5.41, 5.74) is 2.40. The summed E-state index contributed by atoms with van der Waals surface area (Å²) in [5, 5.41) is 9.66. The number of nitrogens with one attached hydrogen (secondary N) is 2. The minimum atomic E-state index is -0.550. The van der Waals surface area contributed by atoms with Gasteiger partial charge in [0.05, 0.1) is 5.69 Å². The van der Waals surface area contributed by atoms with Crippen LogP contribution in [0.15, 0.2) is 30.3 Å². The summed E-state index contributed by atoms with van der Waals surface area (Å²) in [6.07, 6.45) is -0.550. The minimum absolute atomic E-state index is 0.252. The normalized spacial score (nSPS) is 11.8. The number of carbonyl (C=O) groups excluding carboxylic acids is 2. The molecule has 0 unspecified atom stereocenters. The number of hydrogen-bond donors (Lipinski definition) is 2. The number of carbonyl (C=O) groups is 2. The van der Waals surface area contributed by atoms with Gasteiger partial charge in [-0.25, -0.2) is 0 Å². The summed E-state index contributed by atoms with van der Waals surface area (Å²) in [6, 6.07) is 8.63. The number of benzene rings is 1. The molecule has 1 heterocycles. The Kier molecular flexibility index (Phi) is 5.13. The molecule has 2 N–H and O–H groups in total. The number of nitrogens with zero attached hydrogens (tertiary/aromatic N) is 2. The Labute approximate surface area is 134 Å². The number of ether oxygens (including phenoxy) is 1. The van der Waals surface area contributed by atoms with Crippen molar-refractivity contribution in [1.29, 1.82) is 0 Å². The molecule has 122 valence electrons. The van der Waals surface area contributed by atoms with Crippen molar-refractivity contribution in [2.75, 3.05) is 17.7 Å². The lowest BCUT2D eigenvalue weighted by Gasteiger charge is -2.12. The summed E-state index contributed by atoms with van der Waals surface area (Å²) >= 11 is 0. The molecule has 1 atom stereocenters. The number of hydrogen-bond acceptors (Lipinski definition) is 4. The lowest BCUT2D eigenvalue weighted by Crippen LogP contribution is -2.26. The molecule has 0 spiro atoms. The standard InChI is InChI=1S/C16H20N4O3/c1-10-8-14(20(3)19-10)16(22)18-13-7-5-6-12(9-13)17-15(21)11(2)23-4/h5-9,11H,1-4H3,(H,17,21)(H,18,22)/t11-/m0/s1. The third-order valence-electron chi connectivity index (χ3n) is 3.35. The quantitative estimate of drug-likeness (QED) is 0.883. The van der Waals surface area contributed by atoms with Crippen LogP contribution in [0.5, 0.6) is 0 Å². The largest absolute Gasteiger partial charge is 0.372 e. The predicted octanol–water partition coefficient (Wildman–Crippen LogP) is 1.95.